The van der Waals surface area contributed by atoms with Gasteiger partial charge in [-0.3, -0.25) is 10.1 Å². The number of nitro groups is 1. The first-order valence-electron chi connectivity index (χ1n) is 5.90. The zero-order chi connectivity index (χ0) is 14.7. The fraction of sp³-hybridized carbons (Fsp3) is 0.143. The predicted octanol–water partition coefficient (Wildman–Crippen LogP) is 5.04. The Kier molecular flexibility index (Phi) is 4.77. The molecule has 0 aliphatic heterocycles. The quantitative estimate of drug-likeness (QED) is 0.578. The van der Waals surface area contributed by atoms with Gasteiger partial charge in [0.25, 0.3) is 5.69 Å². The van der Waals surface area contributed by atoms with E-state index in [0.717, 1.165) is 15.7 Å². The van der Waals surface area contributed by atoms with Crippen molar-refractivity contribution in [3.63, 3.8) is 0 Å². The Bertz CT molecular complexity index is 660. The highest BCUT2D eigenvalue weighted by Crippen LogP contribution is 2.26. The summed E-state index contributed by atoms with van der Waals surface area (Å²) in [6.45, 7) is 2.40. The molecule has 0 aliphatic carbocycles. The average Bonchev–Trinajstić information content (AvgIpc) is 2.38. The van der Waals surface area contributed by atoms with Gasteiger partial charge in [0.05, 0.1) is 4.92 Å². The fourth-order valence-electron chi connectivity index (χ4n) is 1.87. The van der Waals surface area contributed by atoms with Gasteiger partial charge < -0.3 is 5.32 Å². The normalized spacial score (nSPS) is 10.3. The lowest BCUT2D eigenvalue weighted by molar-refractivity contribution is -0.385. The van der Waals surface area contributed by atoms with E-state index < -0.39 is 0 Å². The minimum Gasteiger partial charge on any atom is -0.380 e. The maximum atomic E-state index is 11.0. The predicted molar refractivity (Wildman–Crippen MR) is 87.0 cm³/mol. The molecule has 0 fully saturated rings. The molecule has 0 unspecified atom stereocenters. The lowest BCUT2D eigenvalue weighted by Gasteiger charge is -2.10. The summed E-state index contributed by atoms with van der Waals surface area (Å²) in [4.78, 5) is 10.7. The number of hydrogen-bond acceptors (Lipinski definition) is 3. The summed E-state index contributed by atoms with van der Waals surface area (Å²) < 4.78 is 1.71. The molecule has 0 atom stereocenters. The number of rotatable bonds is 4. The molecule has 20 heavy (non-hydrogen) atoms. The summed E-state index contributed by atoms with van der Waals surface area (Å²) in [5.41, 5.74) is 2.81. The molecule has 0 saturated carbocycles. The van der Waals surface area contributed by atoms with Gasteiger partial charge in [-0.05, 0) is 42.8 Å². The molecule has 6 heteroatoms. The maximum absolute atomic E-state index is 11.0. The van der Waals surface area contributed by atoms with Gasteiger partial charge in [0.2, 0.25) is 0 Å². The van der Waals surface area contributed by atoms with Crippen LogP contribution in [-0.2, 0) is 6.54 Å². The van der Waals surface area contributed by atoms with Crippen LogP contribution < -0.4 is 5.32 Å². The van der Waals surface area contributed by atoms with Gasteiger partial charge >= 0.3 is 0 Å². The number of nitrogens with zero attached hydrogens (tertiary/aromatic N) is 1. The number of halogens is 2. The molecule has 1 N–H and O–H groups in total. The second kappa shape index (κ2) is 6.37. The molecule has 4 nitrogen and oxygen atoms in total. The van der Waals surface area contributed by atoms with E-state index in [2.05, 4.69) is 37.2 Å². The van der Waals surface area contributed by atoms with Crippen LogP contribution in [0.4, 0.5) is 11.4 Å². The van der Waals surface area contributed by atoms with Gasteiger partial charge in [-0.25, -0.2) is 0 Å². The molecule has 2 rings (SSSR count). The van der Waals surface area contributed by atoms with E-state index in [0.29, 0.717) is 16.6 Å². The van der Waals surface area contributed by atoms with Crippen molar-refractivity contribution in [3.8, 4) is 0 Å². The van der Waals surface area contributed by atoms with E-state index in [-0.39, 0.29) is 10.6 Å². The maximum Gasteiger partial charge on any atom is 0.275 e. The smallest absolute Gasteiger partial charge is 0.275 e. The summed E-state index contributed by atoms with van der Waals surface area (Å²) in [5.74, 6) is 0. The van der Waals surface area contributed by atoms with Crippen LogP contribution in [0.5, 0.6) is 0 Å². The largest absolute Gasteiger partial charge is 0.380 e. The molecule has 0 saturated heterocycles. The van der Waals surface area contributed by atoms with Crippen molar-refractivity contribution >= 4 is 43.2 Å². The van der Waals surface area contributed by atoms with Gasteiger partial charge in [-0.15, -0.1) is 0 Å². The van der Waals surface area contributed by atoms with Crippen LogP contribution in [0, 0.1) is 17.0 Å². The molecule has 0 aromatic heterocycles. The summed E-state index contributed by atoms with van der Waals surface area (Å²) >= 11 is 6.66. The first-order chi connectivity index (χ1) is 9.47. The standard InChI is InChI=1S/C14H12Br2N2O2/c1-9-6-11(15)4-5-13(9)17-8-10-2-3-12(16)7-14(10)18(19)20/h2-7,17H,8H2,1H3. The highest BCUT2D eigenvalue weighted by Gasteiger charge is 2.13. The zero-order valence-electron chi connectivity index (χ0n) is 10.7. The second-order valence-corrected chi connectivity index (χ2v) is 6.17. The van der Waals surface area contributed by atoms with Crippen molar-refractivity contribution in [1.82, 2.24) is 0 Å². The van der Waals surface area contributed by atoms with Crippen molar-refractivity contribution in [3.05, 3.63) is 66.6 Å². The number of aryl methyl sites for hydroxylation is 1. The number of anilines is 1. The van der Waals surface area contributed by atoms with Crippen molar-refractivity contribution in [2.75, 3.05) is 5.32 Å². The highest BCUT2D eigenvalue weighted by molar-refractivity contribution is 9.10. The fourth-order valence-corrected chi connectivity index (χ4v) is 2.70. The van der Waals surface area contributed by atoms with Crippen molar-refractivity contribution in [2.24, 2.45) is 0 Å². The number of hydrogen-bond donors (Lipinski definition) is 1. The number of nitro benzene ring substituents is 1. The van der Waals surface area contributed by atoms with Gasteiger partial charge in [-0.2, -0.15) is 0 Å². The minimum absolute atomic E-state index is 0.113. The monoisotopic (exact) mass is 398 g/mol. The van der Waals surface area contributed by atoms with E-state index in [4.69, 9.17) is 0 Å². The average molecular weight is 400 g/mol. The highest BCUT2D eigenvalue weighted by atomic mass is 79.9. The third-order valence-corrected chi connectivity index (χ3v) is 3.89. The van der Waals surface area contributed by atoms with Crippen LogP contribution in [-0.4, -0.2) is 4.92 Å². The van der Waals surface area contributed by atoms with Crippen molar-refractivity contribution in [1.29, 1.82) is 0 Å². The molecule has 0 spiro atoms. The molecule has 0 aliphatic rings. The Morgan fingerprint density at radius 2 is 1.80 bits per heavy atom. The lowest BCUT2D eigenvalue weighted by atomic mass is 10.1. The van der Waals surface area contributed by atoms with E-state index in [1.165, 1.54) is 6.07 Å². The summed E-state index contributed by atoms with van der Waals surface area (Å²) in [6.07, 6.45) is 0. The SMILES string of the molecule is Cc1cc(Br)ccc1NCc1ccc(Br)cc1[N+](=O)[O-]. The van der Waals surface area contributed by atoms with E-state index >= 15 is 0 Å². The molecular formula is C14H12Br2N2O2. The Balaban J connectivity index is 2.20. The Morgan fingerprint density at radius 3 is 2.45 bits per heavy atom. The topological polar surface area (TPSA) is 55.2 Å². The molecule has 2 aromatic carbocycles. The molecule has 2 aromatic rings. The molecule has 0 bridgehead atoms. The molecule has 104 valence electrons. The van der Waals surface area contributed by atoms with Crippen LogP contribution in [0.2, 0.25) is 0 Å². The third-order valence-electron chi connectivity index (χ3n) is 2.90. The van der Waals surface area contributed by atoms with Crippen LogP contribution in [0.3, 0.4) is 0 Å². The van der Waals surface area contributed by atoms with Crippen LogP contribution in [0.15, 0.2) is 45.3 Å². The third kappa shape index (κ3) is 3.58. The zero-order valence-corrected chi connectivity index (χ0v) is 13.9. The molecular weight excluding hydrogens is 388 g/mol. The molecule has 0 radical (unpaired) electrons. The Morgan fingerprint density at radius 1 is 1.15 bits per heavy atom. The summed E-state index contributed by atoms with van der Waals surface area (Å²) in [6, 6.07) is 11.0. The van der Waals surface area contributed by atoms with E-state index in [1.54, 1.807) is 12.1 Å². The first kappa shape index (κ1) is 15.0. The van der Waals surface area contributed by atoms with E-state index in [1.807, 2.05) is 25.1 Å². The summed E-state index contributed by atoms with van der Waals surface area (Å²) in [5, 5.41) is 14.3. The minimum atomic E-state index is -0.365. The van der Waals surface area contributed by atoms with Gasteiger partial charge in [0.1, 0.15) is 0 Å². The Hall–Kier alpha value is -1.40. The van der Waals surface area contributed by atoms with Crippen molar-refractivity contribution in [2.45, 2.75) is 13.5 Å². The number of benzene rings is 2. The van der Waals surface area contributed by atoms with Crippen LogP contribution >= 0.6 is 31.9 Å². The first-order valence-corrected chi connectivity index (χ1v) is 7.49. The van der Waals surface area contributed by atoms with Crippen LogP contribution in [0.25, 0.3) is 0 Å². The number of nitrogens with one attached hydrogen (secondary N) is 1. The van der Waals surface area contributed by atoms with Gasteiger partial charge in [-0.1, -0.05) is 31.9 Å². The second-order valence-electron chi connectivity index (χ2n) is 4.34. The molecule has 0 amide bonds. The summed E-state index contributed by atoms with van der Waals surface area (Å²) in [7, 11) is 0. The van der Waals surface area contributed by atoms with Gasteiger partial charge in [0.15, 0.2) is 0 Å². The molecule has 0 heterocycles. The van der Waals surface area contributed by atoms with Crippen molar-refractivity contribution < 1.29 is 4.92 Å². The van der Waals surface area contributed by atoms with Crippen LogP contribution in [0.1, 0.15) is 11.1 Å². The lowest BCUT2D eigenvalue weighted by Crippen LogP contribution is -2.04. The van der Waals surface area contributed by atoms with E-state index in [9.17, 15) is 10.1 Å². The van der Waals surface area contributed by atoms with Gasteiger partial charge in [0, 0.05) is 32.8 Å². The Labute approximate surface area is 133 Å².